The number of hydrazone groups is 1. The molecule has 1 amide bonds. The van der Waals surface area contributed by atoms with E-state index in [-0.39, 0.29) is 5.91 Å². The number of benzene rings is 1. The Kier molecular flexibility index (Phi) is 4.52. The highest BCUT2D eigenvalue weighted by atomic mass is 16.5. The molecule has 2 heterocycles. The maximum Gasteiger partial charge on any atom is 0.256 e. The van der Waals surface area contributed by atoms with E-state index in [2.05, 4.69) is 10.3 Å². The highest BCUT2D eigenvalue weighted by Gasteiger charge is 2.22. The summed E-state index contributed by atoms with van der Waals surface area (Å²) in [6.45, 7) is 3.37. The second-order valence-corrected chi connectivity index (χ2v) is 5.78. The summed E-state index contributed by atoms with van der Waals surface area (Å²) < 4.78 is 5.04. The molecular formula is C17H20N4O2. The van der Waals surface area contributed by atoms with Crippen LogP contribution in [0.15, 0.2) is 46.0 Å². The van der Waals surface area contributed by atoms with Crippen molar-refractivity contribution in [2.75, 3.05) is 20.1 Å². The van der Waals surface area contributed by atoms with Gasteiger partial charge in [-0.3, -0.25) is 9.69 Å². The van der Waals surface area contributed by atoms with E-state index in [0.29, 0.717) is 19.6 Å². The minimum atomic E-state index is -0.00125. The number of nitrogens with zero attached hydrogens (tertiary/aromatic N) is 4. The van der Waals surface area contributed by atoms with Crippen LogP contribution in [-0.2, 0) is 11.3 Å². The molecule has 6 nitrogen and oxygen atoms in total. The van der Waals surface area contributed by atoms with Gasteiger partial charge in [0.15, 0.2) is 0 Å². The lowest BCUT2D eigenvalue weighted by Gasteiger charge is -2.17. The van der Waals surface area contributed by atoms with Gasteiger partial charge in [0.1, 0.15) is 5.76 Å². The van der Waals surface area contributed by atoms with Crippen molar-refractivity contribution in [2.24, 2.45) is 5.10 Å². The van der Waals surface area contributed by atoms with Gasteiger partial charge in [-0.25, -0.2) is 5.01 Å². The average molecular weight is 312 g/mol. The van der Waals surface area contributed by atoms with E-state index in [9.17, 15) is 4.79 Å². The number of amides is 1. The van der Waals surface area contributed by atoms with Crippen molar-refractivity contribution in [3.63, 3.8) is 0 Å². The largest absolute Gasteiger partial charge is 0.361 e. The van der Waals surface area contributed by atoms with Crippen LogP contribution in [0.25, 0.3) is 0 Å². The topological polar surface area (TPSA) is 61.9 Å². The molecule has 120 valence electrons. The Hall–Kier alpha value is -2.47. The number of carbonyl (C=O) groups excluding carboxylic acids is 1. The van der Waals surface area contributed by atoms with Crippen LogP contribution in [0.4, 0.5) is 0 Å². The van der Waals surface area contributed by atoms with Gasteiger partial charge in [0.2, 0.25) is 0 Å². The standard InChI is InChI=1S/C17H20N4O2/c1-13-10-15(19-23-13)11-20(2)12-17(22)21-9-8-16(18-21)14-6-4-3-5-7-14/h3-7,10H,8-9,11-12H2,1-2H3. The molecular weight excluding hydrogens is 292 g/mol. The van der Waals surface area contributed by atoms with Gasteiger partial charge in [0, 0.05) is 19.0 Å². The van der Waals surface area contributed by atoms with Crippen molar-refractivity contribution < 1.29 is 9.32 Å². The molecule has 1 aromatic carbocycles. The van der Waals surface area contributed by atoms with Gasteiger partial charge >= 0.3 is 0 Å². The molecule has 2 aromatic rings. The molecule has 1 aliphatic heterocycles. The summed E-state index contributed by atoms with van der Waals surface area (Å²) in [7, 11) is 1.89. The minimum Gasteiger partial charge on any atom is -0.361 e. The number of carbonyl (C=O) groups is 1. The predicted octanol–water partition coefficient (Wildman–Crippen LogP) is 2.05. The van der Waals surface area contributed by atoms with Crippen LogP contribution in [0, 0.1) is 6.92 Å². The molecule has 0 bridgehead atoms. The fraction of sp³-hybridized carbons (Fsp3) is 0.353. The zero-order valence-electron chi connectivity index (χ0n) is 13.4. The molecule has 1 aliphatic rings. The van der Waals surface area contributed by atoms with E-state index in [0.717, 1.165) is 29.2 Å². The Morgan fingerprint density at radius 1 is 1.35 bits per heavy atom. The molecule has 0 unspecified atom stereocenters. The minimum absolute atomic E-state index is 0.00125. The van der Waals surface area contributed by atoms with Crippen molar-refractivity contribution in [2.45, 2.75) is 19.9 Å². The predicted molar refractivity (Wildman–Crippen MR) is 86.9 cm³/mol. The summed E-state index contributed by atoms with van der Waals surface area (Å²) in [4.78, 5) is 14.3. The lowest BCUT2D eigenvalue weighted by atomic mass is 10.1. The van der Waals surface area contributed by atoms with E-state index < -0.39 is 0 Å². The second kappa shape index (κ2) is 6.75. The summed E-state index contributed by atoms with van der Waals surface area (Å²) in [6, 6.07) is 11.9. The first-order valence-corrected chi connectivity index (χ1v) is 7.66. The number of aryl methyl sites for hydroxylation is 1. The summed E-state index contributed by atoms with van der Waals surface area (Å²) in [5.41, 5.74) is 2.87. The van der Waals surface area contributed by atoms with Crippen LogP contribution in [-0.4, -0.2) is 46.8 Å². The molecule has 6 heteroatoms. The molecule has 0 aliphatic carbocycles. The van der Waals surface area contributed by atoms with Crippen LogP contribution < -0.4 is 0 Å². The number of rotatable bonds is 5. The van der Waals surface area contributed by atoms with Crippen LogP contribution in [0.1, 0.15) is 23.4 Å². The van der Waals surface area contributed by atoms with Crippen LogP contribution >= 0.6 is 0 Å². The van der Waals surface area contributed by atoms with Gasteiger partial charge < -0.3 is 4.52 Å². The third kappa shape index (κ3) is 3.84. The first kappa shape index (κ1) is 15.4. The Balaban J connectivity index is 1.57. The Labute approximate surface area is 135 Å². The van der Waals surface area contributed by atoms with Crippen molar-refractivity contribution in [3.05, 3.63) is 53.4 Å². The molecule has 23 heavy (non-hydrogen) atoms. The van der Waals surface area contributed by atoms with Crippen LogP contribution in [0.3, 0.4) is 0 Å². The SMILES string of the molecule is Cc1cc(CN(C)CC(=O)N2CCC(c3ccccc3)=N2)no1. The number of hydrogen-bond donors (Lipinski definition) is 0. The fourth-order valence-electron chi connectivity index (χ4n) is 2.61. The van der Waals surface area contributed by atoms with Crippen molar-refractivity contribution in [1.82, 2.24) is 15.1 Å². The zero-order chi connectivity index (χ0) is 16.2. The highest BCUT2D eigenvalue weighted by Crippen LogP contribution is 2.14. The van der Waals surface area contributed by atoms with E-state index in [1.807, 2.05) is 55.3 Å². The number of hydrogen-bond acceptors (Lipinski definition) is 5. The lowest BCUT2D eigenvalue weighted by molar-refractivity contribution is -0.131. The van der Waals surface area contributed by atoms with Gasteiger partial charge in [-0.2, -0.15) is 5.10 Å². The number of aromatic nitrogens is 1. The van der Waals surface area contributed by atoms with E-state index in [1.165, 1.54) is 0 Å². The normalized spacial score (nSPS) is 14.4. The second-order valence-electron chi connectivity index (χ2n) is 5.78. The average Bonchev–Trinajstić information content (AvgIpc) is 3.17. The third-order valence-electron chi connectivity index (χ3n) is 3.71. The molecule has 3 rings (SSSR count). The lowest BCUT2D eigenvalue weighted by Crippen LogP contribution is -2.34. The zero-order valence-corrected chi connectivity index (χ0v) is 13.4. The monoisotopic (exact) mass is 312 g/mol. The molecule has 0 spiro atoms. The molecule has 0 saturated carbocycles. The summed E-state index contributed by atoms with van der Waals surface area (Å²) in [6.07, 6.45) is 0.794. The van der Waals surface area contributed by atoms with E-state index >= 15 is 0 Å². The summed E-state index contributed by atoms with van der Waals surface area (Å²) in [5.74, 6) is 0.773. The Morgan fingerprint density at radius 3 is 2.83 bits per heavy atom. The quantitative estimate of drug-likeness (QED) is 0.848. The molecule has 0 atom stereocenters. The molecule has 0 fully saturated rings. The van der Waals surface area contributed by atoms with Gasteiger partial charge in [-0.1, -0.05) is 35.5 Å². The van der Waals surface area contributed by atoms with E-state index in [1.54, 1.807) is 5.01 Å². The molecule has 1 aromatic heterocycles. The van der Waals surface area contributed by atoms with Crippen molar-refractivity contribution >= 4 is 11.6 Å². The Bertz CT molecular complexity index is 708. The van der Waals surface area contributed by atoms with Gasteiger partial charge in [0.05, 0.1) is 24.5 Å². The fourth-order valence-corrected chi connectivity index (χ4v) is 2.61. The first-order chi connectivity index (χ1) is 11.1. The third-order valence-corrected chi connectivity index (χ3v) is 3.71. The van der Waals surface area contributed by atoms with E-state index in [4.69, 9.17) is 4.52 Å². The number of likely N-dealkylation sites (N-methyl/N-ethyl adjacent to an activating group) is 1. The first-order valence-electron chi connectivity index (χ1n) is 7.66. The van der Waals surface area contributed by atoms with Gasteiger partial charge in [-0.15, -0.1) is 0 Å². The van der Waals surface area contributed by atoms with Crippen molar-refractivity contribution in [1.29, 1.82) is 0 Å². The maximum atomic E-state index is 12.4. The summed E-state index contributed by atoms with van der Waals surface area (Å²) in [5, 5.41) is 9.97. The molecule has 0 saturated heterocycles. The van der Waals surface area contributed by atoms with Crippen LogP contribution in [0.5, 0.6) is 0 Å². The summed E-state index contributed by atoms with van der Waals surface area (Å²) >= 11 is 0. The van der Waals surface area contributed by atoms with Crippen molar-refractivity contribution in [3.8, 4) is 0 Å². The van der Waals surface area contributed by atoms with Crippen LogP contribution in [0.2, 0.25) is 0 Å². The van der Waals surface area contributed by atoms with Gasteiger partial charge in [-0.05, 0) is 19.5 Å². The molecule has 0 N–H and O–H groups in total. The smallest absolute Gasteiger partial charge is 0.256 e. The highest BCUT2D eigenvalue weighted by molar-refractivity contribution is 6.02. The Morgan fingerprint density at radius 2 is 2.13 bits per heavy atom. The molecule has 0 radical (unpaired) electrons. The van der Waals surface area contributed by atoms with Gasteiger partial charge in [0.25, 0.3) is 5.91 Å². The maximum absolute atomic E-state index is 12.4.